The molecule has 1 aromatic rings. The van der Waals surface area contributed by atoms with Gasteiger partial charge in [0.2, 0.25) is 0 Å². The standard InChI is InChI=1S/C15H23N3S/c1-12(9-10-18(2)3)17-15-16-11-14(19-15)13-7-5-4-6-8-13/h4-8,12,14H,9-11H2,1-3H3,(H,16,17). The Balaban J connectivity index is 1.78. The molecule has 0 saturated heterocycles. The molecule has 1 aromatic carbocycles. The van der Waals surface area contributed by atoms with Gasteiger partial charge in [-0.1, -0.05) is 42.1 Å². The van der Waals surface area contributed by atoms with Crippen LogP contribution in [0.4, 0.5) is 0 Å². The van der Waals surface area contributed by atoms with E-state index in [1.807, 2.05) is 11.8 Å². The molecule has 2 unspecified atom stereocenters. The number of thioether (sulfide) groups is 1. The summed E-state index contributed by atoms with van der Waals surface area (Å²) >= 11 is 1.85. The lowest BCUT2D eigenvalue weighted by Gasteiger charge is -2.17. The zero-order chi connectivity index (χ0) is 13.7. The Kier molecular flexibility index (Phi) is 5.28. The number of benzene rings is 1. The van der Waals surface area contributed by atoms with E-state index in [4.69, 9.17) is 0 Å². The van der Waals surface area contributed by atoms with E-state index in [2.05, 4.69) is 66.6 Å². The maximum absolute atomic E-state index is 4.62. The fourth-order valence-electron chi connectivity index (χ4n) is 2.03. The van der Waals surface area contributed by atoms with Crippen molar-refractivity contribution < 1.29 is 0 Å². The average molecular weight is 277 g/mol. The molecule has 0 spiro atoms. The van der Waals surface area contributed by atoms with Crippen LogP contribution in [-0.4, -0.2) is 43.3 Å². The minimum Gasteiger partial charge on any atom is -0.362 e. The van der Waals surface area contributed by atoms with Crippen LogP contribution < -0.4 is 5.32 Å². The molecule has 0 bridgehead atoms. The molecule has 0 amide bonds. The largest absolute Gasteiger partial charge is 0.362 e. The van der Waals surface area contributed by atoms with Gasteiger partial charge < -0.3 is 10.2 Å². The maximum atomic E-state index is 4.62. The zero-order valence-corrected chi connectivity index (χ0v) is 12.8. The number of amidine groups is 1. The molecule has 104 valence electrons. The first-order valence-electron chi connectivity index (χ1n) is 6.82. The summed E-state index contributed by atoms with van der Waals surface area (Å²) in [5.41, 5.74) is 1.37. The fraction of sp³-hybridized carbons (Fsp3) is 0.533. The van der Waals surface area contributed by atoms with Gasteiger partial charge in [0.25, 0.3) is 0 Å². The van der Waals surface area contributed by atoms with E-state index in [0.717, 1.165) is 24.7 Å². The molecule has 0 fully saturated rings. The van der Waals surface area contributed by atoms with Crippen LogP contribution in [0.15, 0.2) is 35.3 Å². The maximum Gasteiger partial charge on any atom is 0.157 e. The highest BCUT2D eigenvalue weighted by atomic mass is 32.2. The Morgan fingerprint density at radius 1 is 1.37 bits per heavy atom. The lowest BCUT2D eigenvalue weighted by molar-refractivity contribution is 0.379. The summed E-state index contributed by atoms with van der Waals surface area (Å²) in [5.74, 6) is 0. The molecule has 19 heavy (non-hydrogen) atoms. The smallest absolute Gasteiger partial charge is 0.157 e. The molecule has 0 aromatic heterocycles. The lowest BCUT2D eigenvalue weighted by Crippen LogP contribution is -2.32. The SMILES string of the molecule is CC(CCN(C)C)NC1=NCC(c2ccccc2)S1. The highest BCUT2D eigenvalue weighted by molar-refractivity contribution is 8.14. The Labute approximate surface area is 120 Å². The van der Waals surface area contributed by atoms with E-state index in [1.54, 1.807) is 0 Å². The number of nitrogens with one attached hydrogen (secondary N) is 1. The van der Waals surface area contributed by atoms with Crippen LogP contribution in [0.3, 0.4) is 0 Å². The molecule has 0 radical (unpaired) electrons. The van der Waals surface area contributed by atoms with Gasteiger partial charge in [0.05, 0.1) is 11.8 Å². The van der Waals surface area contributed by atoms with Crippen molar-refractivity contribution in [1.29, 1.82) is 0 Å². The predicted octanol–water partition coefficient (Wildman–Crippen LogP) is 2.76. The van der Waals surface area contributed by atoms with E-state index in [0.29, 0.717) is 11.3 Å². The quantitative estimate of drug-likeness (QED) is 0.897. The van der Waals surface area contributed by atoms with Gasteiger partial charge in [0.15, 0.2) is 5.17 Å². The van der Waals surface area contributed by atoms with Gasteiger partial charge >= 0.3 is 0 Å². The Morgan fingerprint density at radius 2 is 2.11 bits per heavy atom. The van der Waals surface area contributed by atoms with E-state index in [1.165, 1.54) is 5.56 Å². The van der Waals surface area contributed by atoms with E-state index >= 15 is 0 Å². The second-order valence-electron chi connectivity index (χ2n) is 5.30. The van der Waals surface area contributed by atoms with Crippen LogP contribution in [0.1, 0.15) is 24.2 Å². The molecular weight excluding hydrogens is 254 g/mol. The summed E-state index contributed by atoms with van der Waals surface area (Å²) in [5, 5.41) is 5.09. The minimum absolute atomic E-state index is 0.475. The predicted molar refractivity (Wildman–Crippen MR) is 84.8 cm³/mol. The summed E-state index contributed by atoms with van der Waals surface area (Å²) < 4.78 is 0. The number of hydrogen-bond acceptors (Lipinski definition) is 4. The monoisotopic (exact) mass is 277 g/mol. The van der Waals surface area contributed by atoms with Crippen molar-refractivity contribution in [3.63, 3.8) is 0 Å². The van der Waals surface area contributed by atoms with Gasteiger partial charge in [-0.05, 0) is 39.5 Å². The molecule has 1 aliphatic rings. The number of aliphatic imine (C=N–C) groups is 1. The van der Waals surface area contributed by atoms with Crippen LogP contribution in [0.5, 0.6) is 0 Å². The molecule has 0 saturated carbocycles. The lowest BCUT2D eigenvalue weighted by atomic mass is 10.1. The topological polar surface area (TPSA) is 27.6 Å². The Morgan fingerprint density at radius 3 is 2.79 bits per heavy atom. The van der Waals surface area contributed by atoms with E-state index in [-0.39, 0.29) is 0 Å². The second kappa shape index (κ2) is 6.96. The van der Waals surface area contributed by atoms with E-state index < -0.39 is 0 Å². The van der Waals surface area contributed by atoms with Crippen molar-refractivity contribution in [3.8, 4) is 0 Å². The summed E-state index contributed by atoms with van der Waals surface area (Å²) in [4.78, 5) is 6.83. The molecule has 1 heterocycles. The van der Waals surface area contributed by atoms with Crippen molar-refractivity contribution in [2.45, 2.75) is 24.6 Å². The van der Waals surface area contributed by atoms with E-state index in [9.17, 15) is 0 Å². The van der Waals surface area contributed by atoms with Gasteiger partial charge in [-0.15, -0.1) is 0 Å². The molecule has 1 aliphatic heterocycles. The van der Waals surface area contributed by atoms with Crippen molar-refractivity contribution in [2.75, 3.05) is 27.2 Å². The first kappa shape index (κ1) is 14.4. The third kappa shape index (κ3) is 4.55. The first-order valence-corrected chi connectivity index (χ1v) is 7.70. The number of rotatable bonds is 5. The van der Waals surface area contributed by atoms with Crippen LogP contribution in [-0.2, 0) is 0 Å². The van der Waals surface area contributed by atoms with Crippen molar-refractivity contribution in [2.24, 2.45) is 4.99 Å². The van der Waals surface area contributed by atoms with Crippen LogP contribution in [0, 0.1) is 0 Å². The van der Waals surface area contributed by atoms with Crippen LogP contribution in [0.2, 0.25) is 0 Å². The number of hydrogen-bond donors (Lipinski definition) is 1. The molecule has 4 heteroatoms. The summed E-state index contributed by atoms with van der Waals surface area (Å²) in [6.07, 6.45) is 1.14. The van der Waals surface area contributed by atoms with Gasteiger partial charge in [-0.25, -0.2) is 0 Å². The Hall–Kier alpha value is -1.00. The normalized spacial score (nSPS) is 20.4. The third-order valence-corrected chi connectivity index (χ3v) is 4.38. The summed E-state index contributed by atoms with van der Waals surface area (Å²) in [6, 6.07) is 11.1. The number of nitrogens with zero attached hydrogens (tertiary/aromatic N) is 2. The summed E-state index contributed by atoms with van der Waals surface area (Å²) in [7, 11) is 4.22. The van der Waals surface area contributed by atoms with Gasteiger partial charge in [-0.2, -0.15) is 0 Å². The minimum atomic E-state index is 0.475. The highest BCUT2D eigenvalue weighted by Crippen LogP contribution is 2.34. The average Bonchev–Trinajstić information content (AvgIpc) is 2.86. The van der Waals surface area contributed by atoms with Crippen LogP contribution >= 0.6 is 11.8 Å². The van der Waals surface area contributed by atoms with Gasteiger partial charge in [0, 0.05) is 6.04 Å². The molecule has 2 atom stereocenters. The molecular formula is C15H23N3S. The highest BCUT2D eigenvalue weighted by Gasteiger charge is 2.21. The van der Waals surface area contributed by atoms with Gasteiger partial charge in [-0.3, -0.25) is 4.99 Å². The zero-order valence-electron chi connectivity index (χ0n) is 12.0. The second-order valence-corrected chi connectivity index (χ2v) is 6.49. The molecule has 1 N–H and O–H groups in total. The first-order chi connectivity index (χ1) is 9.15. The van der Waals surface area contributed by atoms with Crippen LogP contribution in [0.25, 0.3) is 0 Å². The molecule has 3 nitrogen and oxygen atoms in total. The van der Waals surface area contributed by atoms with Crippen molar-refractivity contribution >= 4 is 16.9 Å². The fourth-order valence-corrected chi connectivity index (χ4v) is 3.16. The van der Waals surface area contributed by atoms with Gasteiger partial charge in [0.1, 0.15) is 0 Å². The van der Waals surface area contributed by atoms with Crippen molar-refractivity contribution in [3.05, 3.63) is 35.9 Å². The molecule has 0 aliphatic carbocycles. The summed E-state index contributed by atoms with van der Waals surface area (Å²) in [6.45, 7) is 4.22. The Bertz CT molecular complexity index is 417. The van der Waals surface area contributed by atoms with Crippen molar-refractivity contribution in [1.82, 2.24) is 10.2 Å². The third-order valence-electron chi connectivity index (χ3n) is 3.21. The molecule has 2 rings (SSSR count).